The Morgan fingerprint density at radius 1 is 0.865 bits per heavy atom. The van der Waals surface area contributed by atoms with E-state index >= 15 is 0 Å². The maximum absolute atomic E-state index is 13.0. The number of ether oxygens (including phenoxy) is 4. The van der Waals surface area contributed by atoms with E-state index in [9.17, 15) is 9.59 Å². The van der Waals surface area contributed by atoms with Gasteiger partial charge in [0.2, 0.25) is 0 Å². The summed E-state index contributed by atoms with van der Waals surface area (Å²) in [5.74, 6) is -0.0570. The molecule has 1 aliphatic heterocycles. The zero-order chi connectivity index (χ0) is 26.0. The van der Waals surface area contributed by atoms with E-state index in [1.807, 2.05) is 78.9 Å². The number of methoxy groups -OCH3 is 2. The second-order valence-electron chi connectivity index (χ2n) is 8.37. The first-order valence-electron chi connectivity index (χ1n) is 11.6. The Bertz CT molecular complexity index is 1540. The smallest absolute Gasteiger partial charge is 0.342 e. The Hall–Kier alpha value is -4.84. The van der Waals surface area contributed by atoms with Crippen LogP contribution in [0.1, 0.15) is 27.0 Å². The summed E-state index contributed by atoms with van der Waals surface area (Å²) in [5.41, 5.74) is 1.31. The molecule has 0 N–H and O–H groups in total. The third-order valence-corrected chi connectivity index (χ3v) is 6.39. The van der Waals surface area contributed by atoms with Gasteiger partial charge in [0.15, 0.2) is 11.4 Å². The maximum atomic E-state index is 13.0. The zero-order valence-electron chi connectivity index (χ0n) is 20.4. The van der Waals surface area contributed by atoms with Crippen molar-refractivity contribution in [3.05, 3.63) is 120 Å². The number of fused-ring (bicyclic) bond motifs is 3. The van der Waals surface area contributed by atoms with Gasteiger partial charge in [-0.05, 0) is 24.3 Å². The summed E-state index contributed by atoms with van der Waals surface area (Å²) < 4.78 is 22.9. The summed E-state index contributed by atoms with van der Waals surface area (Å²) in [6, 6.07) is 24.8. The second kappa shape index (κ2) is 9.66. The van der Waals surface area contributed by atoms with Crippen molar-refractivity contribution in [3.63, 3.8) is 0 Å². The summed E-state index contributed by atoms with van der Waals surface area (Å²) in [5, 5.41) is 1.21. The van der Waals surface area contributed by atoms with Crippen molar-refractivity contribution in [3.8, 4) is 17.2 Å². The molecule has 6 heteroatoms. The van der Waals surface area contributed by atoms with Crippen molar-refractivity contribution in [1.82, 2.24) is 0 Å². The van der Waals surface area contributed by atoms with Gasteiger partial charge in [0.25, 0.3) is 0 Å². The molecule has 0 saturated heterocycles. The van der Waals surface area contributed by atoms with Crippen LogP contribution in [0.15, 0.2) is 97.6 Å². The van der Waals surface area contributed by atoms with E-state index in [4.69, 9.17) is 18.9 Å². The molecule has 5 rings (SSSR count). The maximum Gasteiger partial charge on any atom is 0.342 e. The Balaban J connectivity index is 1.82. The summed E-state index contributed by atoms with van der Waals surface area (Å²) in [6.07, 6.45) is 4.76. The van der Waals surface area contributed by atoms with E-state index in [1.165, 1.54) is 7.11 Å². The normalized spacial score (nSPS) is 15.8. The fourth-order valence-electron chi connectivity index (χ4n) is 4.61. The van der Waals surface area contributed by atoms with E-state index in [1.54, 1.807) is 19.2 Å². The number of carbonyl (C=O) groups excluding carboxylic acids is 2. The van der Waals surface area contributed by atoms with Crippen molar-refractivity contribution in [2.75, 3.05) is 14.2 Å². The van der Waals surface area contributed by atoms with E-state index in [0.717, 1.165) is 23.0 Å². The Labute approximate surface area is 214 Å². The van der Waals surface area contributed by atoms with Crippen molar-refractivity contribution in [2.24, 2.45) is 0 Å². The van der Waals surface area contributed by atoms with Gasteiger partial charge in [-0.3, -0.25) is 0 Å². The second-order valence-corrected chi connectivity index (χ2v) is 8.37. The third kappa shape index (κ3) is 4.02. The van der Waals surface area contributed by atoms with Gasteiger partial charge in [-0.25, -0.2) is 9.59 Å². The number of hydrogen-bond acceptors (Lipinski definition) is 6. The summed E-state index contributed by atoms with van der Waals surface area (Å²) in [6.45, 7) is 3.48. The molecule has 4 aromatic rings. The van der Waals surface area contributed by atoms with E-state index in [0.29, 0.717) is 22.1 Å². The molecule has 0 bridgehead atoms. The molecule has 0 aromatic heterocycles. The quantitative estimate of drug-likeness (QED) is 0.185. The van der Waals surface area contributed by atoms with Gasteiger partial charge in [-0.2, -0.15) is 0 Å². The van der Waals surface area contributed by atoms with Crippen LogP contribution in [0, 0.1) is 0 Å². The van der Waals surface area contributed by atoms with Crippen molar-refractivity contribution < 1.29 is 28.5 Å². The Kier molecular flexibility index (Phi) is 6.24. The van der Waals surface area contributed by atoms with Crippen LogP contribution in [0.5, 0.6) is 17.2 Å². The molecule has 1 unspecified atom stereocenters. The number of esters is 2. The van der Waals surface area contributed by atoms with Crippen LogP contribution in [0.4, 0.5) is 0 Å². The number of benzene rings is 4. The minimum atomic E-state index is -1.00. The lowest BCUT2D eigenvalue weighted by Crippen LogP contribution is -2.34. The highest BCUT2D eigenvalue weighted by Gasteiger charge is 2.40. The summed E-state index contributed by atoms with van der Waals surface area (Å²) >= 11 is 0. The Morgan fingerprint density at radius 2 is 1.51 bits per heavy atom. The molecule has 0 saturated carbocycles. The van der Waals surface area contributed by atoms with Gasteiger partial charge in [0, 0.05) is 33.5 Å². The first-order chi connectivity index (χ1) is 18.0. The minimum Gasteiger partial charge on any atom is -0.497 e. The predicted octanol–water partition coefficient (Wildman–Crippen LogP) is 6.08. The first kappa shape index (κ1) is 23.9. The molecule has 37 heavy (non-hydrogen) atoms. The molecule has 6 nitrogen and oxygen atoms in total. The highest BCUT2D eigenvalue weighted by Crippen LogP contribution is 2.49. The van der Waals surface area contributed by atoms with Crippen LogP contribution < -0.4 is 14.2 Å². The molecule has 0 amide bonds. The fraction of sp³-hybridized carbons (Fsp3) is 0.0968. The SMILES string of the molecule is C=CC(=O)Oc1c(C(=O)OC)c2c(c3ccccc13)OC(c1ccccc1)(c1ccc(OC)cc1)C=C2. The minimum absolute atomic E-state index is 0.0935. The number of carbonyl (C=O) groups is 2. The molecule has 0 spiro atoms. The fourth-order valence-corrected chi connectivity index (χ4v) is 4.61. The zero-order valence-corrected chi connectivity index (χ0v) is 20.4. The summed E-state index contributed by atoms with van der Waals surface area (Å²) in [7, 11) is 2.90. The molecule has 184 valence electrons. The molecule has 4 aromatic carbocycles. The largest absolute Gasteiger partial charge is 0.497 e. The van der Waals surface area contributed by atoms with Crippen molar-refractivity contribution in [2.45, 2.75) is 5.60 Å². The molecule has 1 aliphatic rings. The predicted molar refractivity (Wildman–Crippen MR) is 141 cm³/mol. The summed E-state index contributed by atoms with van der Waals surface area (Å²) in [4.78, 5) is 25.3. The average Bonchev–Trinajstić information content (AvgIpc) is 2.97. The molecule has 1 atom stereocenters. The number of hydrogen-bond donors (Lipinski definition) is 0. The topological polar surface area (TPSA) is 71.1 Å². The molecule has 0 fully saturated rings. The van der Waals surface area contributed by atoms with Crippen LogP contribution in [0.2, 0.25) is 0 Å². The lowest BCUT2D eigenvalue weighted by molar-refractivity contribution is -0.128. The van der Waals surface area contributed by atoms with Gasteiger partial charge in [0.05, 0.1) is 14.2 Å². The molecule has 0 aliphatic carbocycles. The third-order valence-electron chi connectivity index (χ3n) is 6.39. The lowest BCUT2D eigenvalue weighted by Gasteiger charge is -2.37. The van der Waals surface area contributed by atoms with E-state index in [2.05, 4.69) is 6.58 Å². The first-order valence-corrected chi connectivity index (χ1v) is 11.6. The highest BCUT2D eigenvalue weighted by atomic mass is 16.5. The molecular formula is C31H24O6. The van der Waals surface area contributed by atoms with Crippen LogP contribution in [-0.2, 0) is 15.1 Å². The van der Waals surface area contributed by atoms with Crippen LogP contribution in [0.3, 0.4) is 0 Å². The average molecular weight is 493 g/mol. The van der Waals surface area contributed by atoms with Gasteiger partial charge >= 0.3 is 11.9 Å². The van der Waals surface area contributed by atoms with Crippen molar-refractivity contribution >= 4 is 28.8 Å². The van der Waals surface area contributed by atoms with Gasteiger partial charge in [0.1, 0.15) is 17.1 Å². The van der Waals surface area contributed by atoms with E-state index < -0.39 is 17.5 Å². The van der Waals surface area contributed by atoms with Crippen molar-refractivity contribution in [1.29, 1.82) is 0 Å². The van der Waals surface area contributed by atoms with Crippen LogP contribution in [-0.4, -0.2) is 26.2 Å². The lowest BCUT2D eigenvalue weighted by atomic mass is 9.82. The van der Waals surface area contributed by atoms with Gasteiger partial charge in [-0.1, -0.05) is 73.3 Å². The van der Waals surface area contributed by atoms with Crippen LogP contribution >= 0.6 is 0 Å². The monoisotopic (exact) mass is 492 g/mol. The van der Waals surface area contributed by atoms with Gasteiger partial charge < -0.3 is 18.9 Å². The molecular weight excluding hydrogens is 468 g/mol. The number of rotatable bonds is 6. The van der Waals surface area contributed by atoms with Gasteiger partial charge in [-0.15, -0.1) is 0 Å². The van der Waals surface area contributed by atoms with E-state index in [-0.39, 0.29) is 11.3 Å². The molecule has 0 radical (unpaired) electrons. The van der Waals surface area contributed by atoms with Crippen LogP contribution in [0.25, 0.3) is 16.8 Å². The Morgan fingerprint density at radius 3 is 2.16 bits per heavy atom. The molecule has 1 heterocycles. The standard InChI is InChI=1S/C31H24O6/c1-4-26(32)36-29-24-13-9-8-12-23(24)28-25(27(29)30(33)35-3)18-19-31(37-28,20-10-6-5-7-11-20)21-14-16-22(34-2)17-15-21/h4-19H,1H2,2-3H3. The highest BCUT2D eigenvalue weighted by molar-refractivity contribution is 6.10.